The lowest BCUT2D eigenvalue weighted by molar-refractivity contribution is 0.0989. The normalized spacial score (nSPS) is 20.3. The Morgan fingerprint density at radius 2 is 1.85 bits per heavy atom. The highest BCUT2D eigenvalue weighted by atomic mass is 35.5. The highest BCUT2D eigenvalue weighted by Gasteiger charge is 2.32. The van der Waals surface area contributed by atoms with Crippen molar-refractivity contribution in [3.05, 3.63) is 44.5 Å². The lowest BCUT2D eigenvalue weighted by atomic mass is 9.80. The fraction of sp³-hybridized carbons (Fsp3) is 0.542. The summed E-state index contributed by atoms with van der Waals surface area (Å²) in [5.41, 5.74) is 1.62. The molecular weight excluding hydrogens is 497 g/mol. The predicted octanol–water partition coefficient (Wildman–Crippen LogP) is 6.52. The number of carbonyl (C=O) groups is 1. The highest BCUT2D eigenvalue weighted by Crippen LogP contribution is 2.35. The monoisotopic (exact) mass is 525 g/mol. The fourth-order valence-electron chi connectivity index (χ4n) is 5.06. The Morgan fingerprint density at radius 3 is 2.53 bits per heavy atom. The second-order valence-electron chi connectivity index (χ2n) is 9.26. The third kappa shape index (κ3) is 5.64. The molecule has 184 valence electrons. The molecule has 2 atom stereocenters. The second kappa shape index (κ2) is 10.8. The third-order valence-electron chi connectivity index (χ3n) is 7.00. The molecule has 3 heterocycles. The summed E-state index contributed by atoms with van der Waals surface area (Å²) in [5.74, 6) is 2.20. The third-order valence-corrected chi connectivity index (χ3v) is 8.02. The van der Waals surface area contributed by atoms with Gasteiger partial charge in [0.2, 0.25) is 5.95 Å². The standard InChI is InChI=1S/C24H30Cl3N5O2/c1-14(19-6-5-18(25)12-20(19)26)28-22-21(27)15(2)29-23(30-22)31-10-7-16(8-11-31)17-4-3-9-32(13-17)24(33)34/h5-6,12,14,16-17H,3-4,7-11,13H2,1-2H3,(H,33,34)(H,28,29,30)/t14-,17?/m1/s1. The molecule has 34 heavy (non-hydrogen) atoms. The van der Waals surface area contributed by atoms with Gasteiger partial charge in [-0.1, -0.05) is 40.9 Å². The molecule has 2 aromatic rings. The summed E-state index contributed by atoms with van der Waals surface area (Å²) in [6, 6.07) is 5.30. The number of amides is 1. The van der Waals surface area contributed by atoms with Gasteiger partial charge in [-0.2, -0.15) is 4.98 Å². The van der Waals surface area contributed by atoms with Crippen molar-refractivity contribution in [3.63, 3.8) is 0 Å². The van der Waals surface area contributed by atoms with E-state index in [4.69, 9.17) is 39.8 Å². The number of piperidine rings is 2. The van der Waals surface area contributed by atoms with Crippen molar-refractivity contribution < 1.29 is 9.90 Å². The number of likely N-dealkylation sites (tertiary alicyclic amines) is 1. The van der Waals surface area contributed by atoms with Crippen molar-refractivity contribution in [2.24, 2.45) is 11.8 Å². The van der Waals surface area contributed by atoms with E-state index in [2.05, 4.69) is 15.2 Å². The van der Waals surface area contributed by atoms with Crippen molar-refractivity contribution >= 4 is 52.7 Å². The fourth-order valence-corrected chi connectivity index (χ4v) is 5.77. The molecule has 0 radical (unpaired) electrons. The van der Waals surface area contributed by atoms with Crippen molar-refractivity contribution in [1.29, 1.82) is 0 Å². The lowest BCUT2D eigenvalue weighted by Crippen LogP contribution is -2.44. The van der Waals surface area contributed by atoms with Gasteiger partial charge in [0, 0.05) is 36.2 Å². The molecular formula is C24H30Cl3N5O2. The van der Waals surface area contributed by atoms with Gasteiger partial charge < -0.3 is 20.2 Å². The van der Waals surface area contributed by atoms with Gasteiger partial charge in [-0.3, -0.25) is 0 Å². The molecule has 0 bridgehead atoms. The van der Waals surface area contributed by atoms with Crippen LogP contribution in [-0.2, 0) is 0 Å². The van der Waals surface area contributed by atoms with Crippen LogP contribution in [0, 0.1) is 18.8 Å². The molecule has 7 nitrogen and oxygen atoms in total. The molecule has 4 rings (SSSR count). The molecule has 0 aliphatic carbocycles. The maximum Gasteiger partial charge on any atom is 0.407 e. The summed E-state index contributed by atoms with van der Waals surface area (Å²) in [5, 5.41) is 14.4. The van der Waals surface area contributed by atoms with E-state index in [1.807, 2.05) is 26.0 Å². The van der Waals surface area contributed by atoms with Crippen LogP contribution in [0.5, 0.6) is 0 Å². The molecule has 2 fully saturated rings. The number of benzene rings is 1. The Morgan fingerprint density at radius 1 is 1.12 bits per heavy atom. The summed E-state index contributed by atoms with van der Waals surface area (Å²) in [6.45, 7) is 6.86. The highest BCUT2D eigenvalue weighted by molar-refractivity contribution is 6.35. The van der Waals surface area contributed by atoms with Crippen LogP contribution in [0.2, 0.25) is 15.1 Å². The Kier molecular flexibility index (Phi) is 7.95. The van der Waals surface area contributed by atoms with E-state index in [0.717, 1.165) is 50.0 Å². The minimum absolute atomic E-state index is 0.126. The number of rotatable bonds is 5. The van der Waals surface area contributed by atoms with Crippen LogP contribution in [0.25, 0.3) is 0 Å². The van der Waals surface area contributed by atoms with Crippen LogP contribution in [-0.4, -0.2) is 52.2 Å². The van der Waals surface area contributed by atoms with Crippen molar-refractivity contribution in [1.82, 2.24) is 14.9 Å². The molecule has 10 heteroatoms. The van der Waals surface area contributed by atoms with E-state index >= 15 is 0 Å². The minimum atomic E-state index is -0.804. The molecule has 1 aromatic carbocycles. The molecule has 0 spiro atoms. The first kappa shape index (κ1) is 25.1. The molecule has 2 N–H and O–H groups in total. The zero-order chi connectivity index (χ0) is 24.4. The lowest BCUT2D eigenvalue weighted by Gasteiger charge is -2.40. The van der Waals surface area contributed by atoms with Crippen LogP contribution < -0.4 is 10.2 Å². The number of halogens is 3. The number of anilines is 2. The summed E-state index contributed by atoms with van der Waals surface area (Å²) in [4.78, 5) is 24.6. The maximum absolute atomic E-state index is 11.4. The Hall–Kier alpha value is -1.96. The molecule has 0 saturated carbocycles. The Bertz CT molecular complexity index is 1050. The Labute approximate surface area is 215 Å². The number of nitrogens with zero attached hydrogens (tertiary/aromatic N) is 4. The van der Waals surface area contributed by atoms with E-state index < -0.39 is 6.09 Å². The molecule has 2 aliphatic heterocycles. The summed E-state index contributed by atoms with van der Waals surface area (Å²) in [6.07, 6.45) is 3.25. The molecule has 1 unspecified atom stereocenters. The topological polar surface area (TPSA) is 81.6 Å². The van der Waals surface area contributed by atoms with Gasteiger partial charge in [-0.05, 0) is 69.1 Å². The molecule has 1 amide bonds. The largest absolute Gasteiger partial charge is 0.465 e. The first-order chi connectivity index (χ1) is 16.2. The number of carboxylic acid groups (broad SMARTS) is 1. The number of aryl methyl sites for hydroxylation is 1. The average molecular weight is 527 g/mol. The van der Waals surface area contributed by atoms with Crippen LogP contribution in [0.1, 0.15) is 49.9 Å². The van der Waals surface area contributed by atoms with Crippen molar-refractivity contribution in [3.8, 4) is 0 Å². The van der Waals surface area contributed by atoms with E-state index in [0.29, 0.717) is 51.8 Å². The maximum atomic E-state index is 11.4. The van der Waals surface area contributed by atoms with E-state index in [1.54, 1.807) is 11.0 Å². The first-order valence-electron chi connectivity index (χ1n) is 11.7. The second-order valence-corrected chi connectivity index (χ2v) is 10.5. The van der Waals surface area contributed by atoms with Gasteiger partial charge in [0.15, 0.2) is 5.82 Å². The molecule has 2 aliphatic rings. The summed E-state index contributed by atoms with van der Waals surface area (Å²) < 4.78 is 0. The number of hydrogen-bond acceptors (Lipinski definition) is 5. The minimum Gasteiger partial charge on any atom is -0.465 e. The molecule has 1 aromatic heterocycles. The number of hydrogen-bond donors (Lipinski definition) is 2. The van der Waals surface area contributed by atoms with Gasteiger partial charge in [0.05, 0.1) is 11.7 Å². The van der Waals surface area contributed by atoms with Gasteiger partial charge in [0.25, 0.3) is 0 Å². The number of nitrogens with one attached hydrogen (secondary N) is 1. The van der Waals surface area contributed by atoms with Gasteiger partial charge in [0.1, 0.15) is 5.02 Å². The first-order valence-corrected chi connectivity index (χ1v) is 12.8. The van der Waals surface area contributed by atoms with Crippen LogP contribution in [0.4, 0.5) is 16.6 Å². The predicted molar refractivity (Wildman–Crippen MR) is 138 cm³/mol. The van der Waals surface area contributed by atoms with Crippen LogP contribution in [0.3, 0.4) is 0 Å². The van der Waals surface area contributed by atoms with Gasteiger partial charge >= 0.3 is 6.09 Å². The number of aromatic nitrogens is 2. The zero-order valence-electron chi connectivity index (χ0n) is 19.4. The van der Waals surface area contributed by atoms with E-state index in [1.165, 1.54) is 0 Å². The SMILES string of the molecule is Cc1nc(N2CCC(C3CCCN(C(=O)O)C3)CC2)nc(N[C@H](C)c2ccc(Cl)cc2Cl)c1Cl. The van der Waals surface area contributed by atoms with Crippen molar-refractivity contribution in [2.45, 2.75) is 45.6 Å². The average Bonchev–Trinajstić information content (AvgIpc) is 2.82. The summed E-state index contributed by atoms with van der Waals surface area (Å²) in [7, 11) is 0. The van der Waals surface area contributed by atoms with Crippen molar-refractivity contribution in [2.75, 3.05) is 36.4 Å². The zero-order valence-corrected chi connectivity index (χ0v) is 21.7. The smallest absolute Gasteiger partial charge is 0.407 e. The summed E-state index contributed by atoms with van der Waals surface area (Å²) >= 11 is 19.0. The van der Waals surface area contributed by atoms with Gasteiger partial charge in [-0.25, -0.2) is 9.78 Å². The quantitative estimate of drug-likeness (QED) is 0.461. The van der Waals surface area contributed by atoms with E-state index in [9.17, 15) is 9.90 Å². The Balaban J connectivity index is 1.44. The molecule has 2 saturated heterocycles. The van der Waals surface area contributed by atoms with Crippen LogP contribution in [0.15, 0.2) is 18.2 Å². The van der Waals surface area contributed by atoms with Crippen LogP contribution >= 0.6 is 34.8 Å². The van der Waals surface area contributed by atoms with E-state index in [-0.39, 0.29) is 6.04 Å². The van der Waals surface area contributed by atoms with Gasteiger partial charge in [-0.15, -0.1) is 0 Å².